The Labute approximate surface area is 160 Å². The fourth-order valence-electron chi connectivity index (χ4n) is 2.62. The average molecular weight is 379 g/mol. The van der Waals surface area contributed by atoms with E-state index in [1.165, 1.54) is 17.3 Å². The SMILES string of the molecule is O=C(CSCc1ccccc1)OCc1cc(-c2cc3ccccc3o2)on1. The Hall–Kier alpha value is -2.99. The summed E-state index contributed by atoms with van der Waals surface area (Å²) in [4.78, 5) is 11.9. The number of aromatic nitrogens is 1. The Kier molecular flexibility index (Phi) is 5.25. The number of carbonyl (C=O) groups is 1. The number of thioether (sulfide) groups is 1. The zero-order valence-corrected chi connectivity index (χ0v) is 15.3. The van der Waals surface area contributed by atoms with Crippen molar-refractivity contribution in [3.63, 3.8) is 0 Å². The summed E-state index contributed by atoms with van der Waals surface area (Å²) in [6, 6.07) is 21.4. The Morgan fingerprint density at radius 3 is 2.67 bits per heavy atom. The van der Waals surface area contributed by atoms with E-state index in [1.54, 1.807) is 6.07 Å². The van der Waals surface area contributed by atoms with E-state index in [0.717, 1.165) is 16.7 Å². The molecular weight excluding hydrogens is 362 g/mol. The Morgan fingerprint density at radius 1 is 1.00 bits per heavy atom. The number of fused-ring (bicyclic) bond motifs is 1. The number of nitrogens with zero attached hydrogens (tertiary/aromatic N) is 1. The number of rotatable bonds is 7. The number of benzene rings is 2. The van der Waals surface area contributed by atoms with E-state index in [9.17, 15) is 4.79 Å². The van der Waals surface area contributed by atoms with Crippen LogP contribution >= 0.6 is 11.8 Å². The fourth-order valence-corrected chi connectivity index (χ4v) is 3.40. The van der Waals surface area contributed by atoms with Gasteiger partial charge in [0.25, 0.3) is 0 Å². The molecule has 0 amide bonds. The summed E-state index contributed by atoms with van der Waals surface area (Å²) in [6.07, 6.45) is 0. The lowest BCUT2D eigenvalue weighted by atomic mass is 10.2. The van der Waals surface area contributed by atoms with Crippen LogP contribution in [0.2, 0.25) is 0 Å². The van der Waals surface area contributed by atoms with Gasteiger partial charge < -0.3 is 13.7 Å². The van der Waals surface area contributed by atoms with E-state index in [-0.39, 0.29) is 12.6 Å². The molecule has 0 bridgehead atoms. The first-order valence-electron chi connectivity index (χ1n) is 8.50. The molecule has 0 saturated carbocycles. The molecule has 0 radical (unpaired) electrons. The summed E-state index contributed by atoms with van der Waals surface area (Å²) < 4.78 is 16.3. The minimum atomic E-state index is -0.274. The molecule has 2 aromatic carbocycles. The third-order valence-electron chi connectivity index (χ3n) is 3.94. The van der Waals surface area contributed by atoms with Crippen LogP contribution in [-0.2, 0) is 21.9 Å². The Bertz CT molecular complexity index is 1010. The van der Waals surface area contributed by atoms with Crippen molar-refractivity contribution in [1.82, 2.24) is 5.16 Å². The Balaban J connectivity index is 1.28. The van der Waals surface area contributed by atoms with Gasteiger partial charge in [-0.2, -0.15) is 0 Å². The topological polar surface area (TPSA) is 65.5 Å². The molecule has 0 aliphatic heterocycles. The van der Waals surface area contributed by atoms with Gasteiger partial charge in [-0.1, -0.05) is 53.7 Å². The van der Waals surface area contributed by atoms with Gasteiger partial charge >= 0.3 is 5.97 Å². The summed E-state index contributed by atoms with van der Waals surface area (Å²) in [5.74, 6) is 1.90. The zero-order chi connectivity index (χ0) is 18.5. The molecule has 0 N–H and O–H groups in total. The van der Waals surface area contributed by atoms with Crippen LogP contribution < -0.4 is 0 Å². The van der Waals surface area contributed by atoms with Gasteiger partial charge in [-0.25, -0.2) is 0 Å². The summed E-state index contributed by atoms with van der Waals surface area (Å²) in [5, 5.41) is 4.94. The molecule has 0 atom stereocenters. The second-order valence-corrected chi connectivity index (χ2v) is 6.96. The van der Waals surface area contributed by atoms with E-state index in [0.29, 0.717) is 23.0 Å². The van der Waals surface area contributed by atoms with Gasteiger partial charge in [-0.3, -0.25) is 4.79 Å². The number of carbonyl (C=O) groups excluding carboxylic acids is 1. The van der Waals surface area contributed by atoms with Crippen molar-refractivity contribution >= 4 is 28.7 Å². The molecule has 0 saturated heterocycles. The van der Waals surface area contributed by atoms with Gasteiger partial charge in [-0.15, -0.1) is 11.8 Å². The largest absolute Gasteiger partial charge is 0.458 e. The van der Waals surface area contributed by atoms with Crippen LogP contribution in [0.4, 0.5) is 0 Å². The van der Waals surface area contributed by atoms with Crippen molar-refractivity contribution in [2.24, 2.45) is 0 Å². The summed E-state index contributed by atoms with van der Waals surface area (Å²) >= 11 is 1.52. The first-order chi connectivity index (χ1) is 13.3. The van der Waals surface area contributed by atoms with Crippen LogP contribution in [0.15, 0.2) is 75.7 Å². The van der Waals surface area contributed by atoms with Crippen LogP contribution in [0.1, 0.15) is 11.3 Å². The molecule has 4 aromatic rings. The van der Waals surface area contributed by atoms with Crippen LogP contribution in [0.25, 0.3) is 22.5 Å². The highest BCUT2D eigenvalue weighted by Crippen LogP contribution is 2.28. The molecule has 2 aromatic heterocycles. The molecule has 27 heavy (non-hydrogen) atoms. The number of para-hydroxylation sites is 1. The van der Waals surface area contributed by atoms with Crippen molar-refractivity contribution in [2.75, 3.05) is 5.75 Å². The number of ether oxygens (including phenoxy) is 1. The second kappa shape index (κ2) is 8.14. The van der Waals surface area contributed by atoms with E-state index < -0.39 is 0 Å². The molecule has 4 rings (SSSR count). The van der Waals surface area contributed by atoms with Crippen molar-refractivity contribution in [2.45, 2.75) is 12.4 Å². The summed E-state index contributed by atoms with van der Waals surface area (Å²) in [6.45, 7) is 0.0778. The van der Waals surface area contributed by atoms with Gasteiger partial charge in [0.2, 0.25) is 5.76 Å². The maximum atomic E-state index is 11.9. The molecule has 6 heteroatoms. The van der Waals surface area contributed by atoms with E-state index >= 15 is 0 Å². The van der Waals surface area contributed by atoms with Crippen LogP contribution in [0, 0.1) is 0 Å². The molecule has 2 heterocycles. The molecule has 0 unspecified atom stereocenters. The number of hydrogen-bond donors (Lipinski definition) is 0. The third kappa shape index (κ3) is 4.41. The normalized spacial score (nSPS) is 11.0. The van der Waals surface area contributed by atoms with Gasteiger partial charge in [0.05, 0.1) is 5.75 Å². The summed E-state index contributed by atoms with van der Waals surface area (Å²) in [5.41, 5.74) is 2.52. The van der Waals surface area contributed by atoms with Crippen molar-refractivity contribution < 1.29 is 18.5 Å². The van der Waals surface area contributed by atoms with Gasteiger partial charge in [0.1, 0.15) is 17.9 Å². The maximum absolute atomic E-state index is 11.9. The number of hydrogen-bond acceptors (Lipinski definition) is 6. The first-order valence-corrected chi connectivity index (χ1v) is 9.65. The molecule has 0 aliphatic rings. The van der Waals surface area contributed by atoms with Crippen molar-refractivity contribution in [3.05, 3.63) is 78.0 Å². The third-order valence-corrected chi connectivity index (χ3v) is 4.92. The number of esters is 1. The van der Waals surface area contributed by atoms with Crippen LogP contribution in [0.5, 0.6) is 0 Å². The maximum Gasteiger partial charge on any atom is 0.316 e. The molecule has 0 spiro atoms. The van der Waals surface area contributed by atoms with Gasteiger partial charge in [0.15, 0.2) is 5.76 Å². The minimum absolute atomic E-state index is 0.0778. The Morgan fingerprint density at radius 2 is 1.81 bits per heavy atom. The lowest BCUT2D eigenvalue weighted by Crippen LogP contribution is -2.07. The second-order valence-electron chi connectivity index (χ2n) is 5.97. The predicted molar refractivity (Wildman–Crippen MR) is 104 cm³/mol. The highest BCUT2D eigenvalue weighted by atomic mass is 32.2. The monoisotopic (exact) mass is 379 g/mol. The van der Waals surface area contributed by atoms with Crippen molar-refractivity contribution in [1.29, 1.82) is 0 Å². The standard InChI is InChI=1S/C21H17NO4S/c23-21(14-27-13-15-6-2-1-3-7-15)24-12-17-11-20(26-22-17)19-10-16-8-4-5-9-18(16)25-19/h1-11H,12-14H2. The molecule has 0 aliphatic carbocycles. The molecular formula is C21H17NO4S. The van der Waals surface area contributed by atoms with E-state index in [4.69, 9.17) is 13.7 Å². The van der Waals surface area contributed by atoms with Crippen molar-refractivity contribution in [3.8, 4) is 11.5 Å². The minimum Gasteiger partial charge on any atom is -0.458 e. The molecule has 5 nitrogen and oxygen atoms in total. The lowest BCUT2D eigenvalue weighted by Gasteiger charge is -2.03. The van der Waals surface area contributed by atoms with Gasteiger partial charge in [-0.05, 0) is 17.7 Å². The first kappa shape index (κ1) is 17.4. The lowest BCUT2D eigenvalue weighted by molar-refractivity contribution is -0.141. The summed E-state index contributed by atoms with van der Waals surface area (Å²) in [7, 11) is 0. The van der Waals surface area contributed by atoms with E-state index in [2.05, 4.69) is 5.16 Å². The van der Waals surface area contributed by atoms with Crippen LogP contribution in [0.3, 0.4) is 0 Å². The zero-order valence-electron chi connectivity index (χ0n) is 14.5. The van der Waals surface area contributed by atoms with Gasteiger partial charge in [0, 0.05) is 17.2 Å². The highest BCUT2D eigenvalue weighted by Gasteiger charge is 2.13. The number of furan rings is 1. The molecule has 0 fully saturated rings. The van der Waals surface area contributed by atoms with Crippen LogP contribution in [-0.4, -0.2) is 16.9 Å². The van der Waals surface area contributed by atoms with E-state index in [1.807, 2.05) is 60.7 Å². The fraction of sp³-hybridized carbons (Fsp3) is 0.143. The predicted octanol–water partition coefficient (Wildman–Crippen LogP) is 5.06. The smallest absolute Gasteiger partial charge is 0.316 e. The molecule has 136 valence electrons. The quantitative estimate of drug-likeness (QED) is 0.418. The highest BCUT2D eigenvalue weighted by molar-refractivity contribution is 7.99. The average Bonchev–Trinajstić information content (AvgIpc) is 3.34.